The Morgan fingerprint density at radius 3 is 0.632 bits per heavy atom. The lowest BCUT2D eigenvalue weighted by atomic mass is 10.0. The van der Waals surface area contributed by atoms with Crippen LogP contribution in [0.2, 0.25) is 0 Å². The van der Waals surface area contributed by atoms with Crippen molar-refractivity contribution in [2.75, 3.05) is 13.2 Å². The Balaban J connectivity index is 4.20. The molecule has 0 amide bonds. The molecule has 0 aliphatic rings. The van der Waals surface area contributed by atoms with Crippen molar-refractivity contribution < 1.29 is 28.6 Å². The Labute approximate surface area is 425 Å². The van der Waals surface area contributed by atoms with Gasteiger partial charge >= 0.3 is 17.9 Å². The number of carbonyl (C=O) groups excluding carboxylic acids is 3. The normalized spacial score (nSPS) is 12.1. The molecule has 0 aliphatic carbocycles. The third-order valence-corrected chi connectivity index (χ3v) is 14.1. The molecule has 0 radical (unpaired) electrons. The molecular formula is C62H120O6. The van der Waals surface area contributed by atoms with Gasteiger partial charge in [-0.3, -0.25) is 14.4 Å². The second-order valence-electron chi connectivity index (χ2n) is 22.8. The van der Waals surface area contributed by atoms with Crippen LogP contribution in [0.5, 0.6) is 0 Å². The zero-order chi connectivity index (χ0) is 49.8. The van der Waals surface area contributed by atoms with Crippen molar-refractivity contribution in [1.29, 1.82) is 0 Å². The number of unbranched alkanes of at least 4 members (excludes halogenated alkanes) is 38. The summed E-state index contributed by atoms with van der Waals surface area (Å²) in [7, 11) is 0. The van der Waals surface area contributed by atoms with Crippen molar-refractivity contribution in [3.05, 3.63) is 0 Å². The number of esters is 3. The van der Waals surface area contributed by atoms with Crippen LogP contribution < -0.4 is 0 Å². The summed E-state index contributed by atoms with van der Waals surface area (Å²) in [5.74, 6) is 1.66. The lowest BCUT2D eigenvalue weighted by molar-refractivity contribution is -0.167. The van der Waals surface area contributed by atoms with Gasteiger partial charge in [-0.25, -0.2) is 0 Å². The maximum atomic E-state index is 12.8. The number of carbonyl (C=O) groups is 3. The highest BCUT2D eigenvalue weighted by atomic mass is 16.6. The van der Waals surface area contributed by atoms with Gasteiger partial charge in [0.15, 0.2) is 6.10 Å². The van der Waals surface area contributed by atoms with Gasteiger partial charge in [-0.15, -0.1) is 0 Å². The van der Waals surface area contributed by atoms with Crippen LogP contribution in [0, 0.1) is 17.8 Å². The molecule has 6 nitrogen and oxygen atoms in total. The zero-order valence-electron chi connectivity index (χ0n) is 46.9. The third kappa shape index (κ3) is 55.3. The molecule has 0 saturated carbocycles. The molecule has 0 saturated heterocycles. The van der Waals surface area contributed by atoms with E-state index in [1.165, 1.54) is 225 Å². The molecule has 68 heavy (non-hydrogen) atoms. The molecule has 1 atom stereocenters. The van der Waals surface area contributed by atoms with E-state index >= 15 is 0 Å². The first-order chi connectivity index (χ1) is 33.1. The molecular weight excluding hydrogens is 841 g/mol. The van der Waals surface area contributed by atoms with Crippen LogP contribution >= 0.6 is 0 Å². The van der Waals surface area contributed by atoms with E-state index in [4.69, 9.17) is 14.2 Å². The van der Waals surface area contributed by atoms with Gasteiger partial charge in [-0.1, -0.05) is 305 Å². The quantitative estimate of drug-likeness (QED) is 0.0343. The second kappa shape index (κ2) is 53.2. The smallest absolute Gasteiger partial charge is 0.306 e. The fourth-order valence-electron chi connectivity index (χ4n) is 9.53. The molecule has 0 rings (SSSR count). The average molecular weight is 962 g/mol. The third-order valence-electron chi connectivity index (χ3n) is 14.1. The molecule has 0 aromatic heterocycles. The van der Waals surface area contributed by atoms with E-state index in [2.05, 4.69) is 41.5 Å². The van der Waals surface area contributed by atoms with Gasteiger partial charge in [0.1, 0.15) is 13.2 Å². The zero-order valence-corrected chi connectivity index (χ0v) is 46.9. The maximum Gasteiger partial charge on any atom is 0.306 e. The second-order valence-corrected chi connectivity index (χ2v) is 22.8. The van der Waals surface area contributed by atoms with Gasteiger partial charge in [-0.05, 0) is 37.0 Å². The molecule has 0 spiro atoms. The van der Waals surface area contributed by atoms with Crippen molar-refractivity contribution in [3.8, 4) is 0 Å². The molecule has 0 N–H and O–H groups in total. The number of hydrogen-bond donors (Lipinski definition) is 0. The molecule has 0 bridgehead atoms. The van der Waals surface area contributed by atoms with Crippen LogP contribution in [0.1, 0.15) is 343 Å². The molecule has 0 heterocycles. The number of rotatable bonds is 55. The van der Waals surface area contributed by atoms with E-state index in [1.54, 1.807) is 0 Å². The van der Waals surface area contributed by atoms with E-state index in [1.807, 2.05) is 0 Å². The van der Waals surface area contributed by atoms with Crippen LogP contribution in [-0.4, -0.2) is 37.2 Å². The summed E-state index contributed by atoms with van der Waals surface area (Å²) < 4.78 is 16.9. The van der Waals surface area contributed by atoms with Crippen LogP contribution in [0.4, 0.5) is 0 Å². The molecule has 0 unspecified atom stereocenters. The van der Waals surface area contributed by atoms with E-state index in [0.29, 0.717) is 19.3 Å². The lowest BCUT2D eigenvalue weighted by Gasteiger charge is -2.18. The molecule has 0 aliphatic heterocycles. The summed E-state index contributed by atoms with van der Waals surface area (Å²) in [6.07, 6.45) is 56.8. The van der Waals surface area contributed by atoms with Gasteiger partial charge in [-0.2, -0.15) is 0 Å². The van der Waals surface area contributed by atoms with E-state index in [0.717, 1.165) is 75.5 Å². The minimum atomic E-state index is -0.764. The fourth-order valence-corrected chi connectivity index (χ4v) is 9.53. The Bertz CT molecular complexity index is 1050. The van der Waals surface area contributed by atoms with Gasteiger partial charge in [0.25, 0.3) is 0 Å². The molecule has 0 aromatic rings. The largest absolute Gasteiger partial charge is 0.462 e. The van der Waals surface area contributed by atoms with Crippen LogP contribution in [-0.2, 0) is 28.6 Å². The van der Waals surface area contributed by atoms with Crippen molar-refractivity contribution >= 4 is 17.9 Å². The van der Waals surface area contributed by atoms with Crippen molar-refractivity contribution in [2.45, 2.75) is 349 Å². The molecule has 0 fully saturated rings. The molecule has 404 valence electrons. The summed E-state index contributed by atoms with van der Waals surface area (Å²) in [6, 6.07) is 0. The minimum absolute atomic E-state index is 0.0636. The highest BCUT2D eigenvalue weighted by molar-refractivity contribution is 5.71. The first-order valence-electron chi connectivity index (χ1n) is 30.6. The summed E-state index contributed by atoms with van der Waals surface area (Å²) in [6.45, 7) is 13.8. The van der Waals surface area contributed by atoms with Gasteiger partial charge < -0.3 is 14.2 Å². The first-order valence-corrected chi connectivity index (χ1v) is 30.6. The van der Waals surface area contributed by atoms with Gasteiger partial charge in [0, 0.05) is 19.3 Å². The van der Waals surface area contributed by atoms with Gasteiger partial charge in [0.2, 0.25) is 0 Å². The summed E-state index contributed by atoms with van der Waals surface area (Å²) in [5.41, 5.74) is 0. The predicted molar refractivity (Wildman–Crippen MR) is 293 cm³/mol. The molecule has 0 aromatic carbocycles. The summed E-state index contributed by atoms with van der Waals surface area (Å²) in [4.78, 5) is 38.2. The predicted octanol–water partition coefficient (Wildman–Crippen LogP) is 20.3. The van der Waals surface area contributed by atoms with Crippen molar-refractivity contribution in [1.82, 2.24) is 0 Å². The van der Waals surface area contributed by atoms with Crippen molar-refractivity contribution in [2.24, 2.45) is 17.8 Å². The Hall–Kier alpha value is -1.59. The fraction of sp³-hybridized carbons (Fsp3) is 0.952. The maximum absolute atomic E-state index is 12.8. The van der Waals surface area contributed by atoms with Crippen LogP contribution in [0.15, 0.2) is 0 Å². The van der Waals surface area contributed by atoms with E-state index in [-0.39, 0.29) is 31.1 Å². The number of hydrogen-bond acceptors (Lipinski definition) is 6. The Morgan fingerprint density at radius 1 is 0.250 bits per heavy atom. The topological polar surface area (TPSA) is 78.9 Å². The molecule has 6 heteroatoms. The monoisotopic (exact) mass is 961 g/mol. The minimum Gasteiger partial charge on any atom is -0.462 e. The first kappa shape index (κ1) is 66.4. The Kier molecular flexibility index (Phi) is 52.0. The Morgan fingerprint density at radius 2 is 0.426 bits per heavy atom. The standard InChI is InChI=1S/C62H120O6/c1-56(2)48-42-36-30-24-20-16-12-9-7-8-10-14-18-22-26-33-39-45-51-60(63)66-54-59(68-62(65)53-47-41-35-29-28-32-38-44-50-58(5)6)55-67-61(64)52-46-40-34-27-23-19-15-11-13-17-21-25-31-37-43-49-57(3)4/h56-59H,7-55H2,1-6H3/t59-/m1/s1. The van der Waals surface area contributed by atoms with Gasteiger partial charge in [0.05, 0.1) is 0 Å². The number of ether oxygens (including phenoxy) is 3. The van der Waals surface area contributed by atoms with Crippen molar-refractivity contribution in [3.63, 3.8) is 0 Å². The van der Waals surface area contributed by atoms with E-state index in [9.17, 15) is 14.4 Å². The highest BCUT2D eigenvalue weighted by Gasteiger charge is 2.19. The van der Waals surface area contributed by atoms with Crippen LogP contribution in [0.25, 0.3) is 0 Å². The summed E-state index contributed by atoms with van der Waals surface area (Å²) >= 11 is 0. The highest BCUT2D eigenvalue weighted by Crippen LogP contribution is 2.19. The summed E-state index contributed by atoms with van der Waals surface area (Å²) in [5, 5.41) is 0. The van der Waals surface area contributed by atoms with E-state index < -0.39 is 6.10 Å². The lowest BCUT2D eigenvalue weighted by Crippen LogP contribution is -2.30. The van der Waals surface area contributed by atoms with Crippen LogP contribution in [0.3, 0.4) is 0 Å². The SMILES string of the molecule is CC(C)CCCCCCCCCCCCCCCCCCCCC(=O)OC[C@H](COC(=O)CCCCCCCCCCCCCCCCCC(C)C)OC(=O)CCCCCCCCCCC(C)C. The average Bonchev–Trinajstić information content (AvgIpc) is 3.30.